The Morgan fingerprint density at radius 1 is 0.650 bits per heavy atom. The maximum Gasteiger partial charge on any atom is 0.494 e. The molecule has 1 saturated heterocycles. The summed E-state index contributed by atoms with van der Waals surface area (Å²) in [5.74, 6) is 3.21. The Morgan fingerprint density at radius 2 is 1.12 bits per heavy atom. The minimum Gasteiger partial charge on any atom is -0.486 e. The molecule has 20 heteroatoms. The normalized spacial score (nSPS) is 16.4. The van der Waals surface area contributed by atoms with Crippen molar-refractivity contribution >= 4 is 87.3 Å². The molecule has 0 radical (unpaired) electrons. The van der Waals surface area contributed by atoms with Crippen LogP contribution in [0.15, 0.2) is 147 Å². The first-order valence-corrected chi connectivity index (χ1v) is 27.2. The van der Waals surface area contributed by atoms with Gasteiger partial charge in [0.1, 0.15) is 35.3 Å². The zero-order chi connectivity index (χ0) is 56.7. The van der Waals surface area contributed by atoms with E-state index in [9.17, 15) is 9.59 Å². The fraction of sp³-hybridized carbons (Fsp3) is 0.233. The number of nitrogen functional groups attached to an aromatic ring is 2. The highest BCUT2D eigenvalue weighted by Gasteiger charge is 2.52. The molecule has 80 heavy (non-hydrogen) atoms. The zero-order valence-corrected chi connectivity index (χ0v) is 47.9. The van der Waals surface area contributed by atoms with E-state index in [0.717, 1.165) is 71.6 Å². The molecule has 0 aliphatic carbocycles. The Morgan fingerprint density at radius 3 is 1.61 bits per heavy atom. The first-order chi connectivity index (χ1) is 38.3. The van der Waals surface area contributed by atoms with Crippen LogP contribution in [-0.2, 0) is 31.7 Å². The number of carbonyl (C=O) groups excluding carboxylic acids is 2. The maximum absolute atomic E-state index is 12.3. The molecule has 2 amide bonds. The van der Waals surface area contributed by atoms with Crippen LogP contribution in [0.2, 0.25) is 10.0 Å². The van der Waals surface area contributed by atoms with Crippen molar-refractivity contribution in [2.45, 2.75) is 77.8 Å². The van der Waals surface area contributed by atoms with E-state index in [1.54, 1.807) is 48.8 Å². The highest BCUT2D eigenvalue weighted by Crippen LogP contribution is 2.44. The third kappa shape index (κ3) is 13.6. The third-order valence-electron chi connectivity index (χ3n) is 13.7. The number of amides is 2. The third-order valence-corrected chi connectivity index (χ3v) is 15.2. The van der Waals surface area contributed by atoms with E-state index in [4.69, 9.17) is 62.5 Å². The lowest BCUT2D eigenvalue weighted by Crippen LogP contribution is -2.41. The van der Waals surface area contributed by atoms with Gasteiger partial charge >= 0.3 is 7.12 Å². The van der Waals surface area contributed by atoms with Crippen LogP contribution in [0.1, 0.15) is 61.3 Å². The molecule has 11 rings (SSSR count). The van der Waals surface area contributed by atoms with E-state index < -0.39 is 18.3 Å². The van der Waals surface area contributed by atoms with Gasteiger partial charge in [-0.1, -0.05) is 100 Å². The SMILES string of the molecule is CC1(C)OB(c2cc(Cl)c3c(c2)CC(CNC(=O)/C=C/c2ccc(N)nc2)O3)OC1(C)C.Cc1noc(-c2ccccc2)c1-c1cc(Cl)c2c(c1)CC(CNC(=O)/C=C/c1ccc(N)nc1)O2.Cc1noc(-c2ccccc2)c1Br. The fourth-order valence-corrected chi connectivity index (χ4v) is 9.78. The van der Waals surface area contributed by atoms with Crippen molar-refractivity contribution in [3.05, 3.63) is 182 Å². The second-order valence-electron chi connectivity index (χ2n) is 20.2. The molecule has 1 fully saturated rings. The maximum atomic E-state index is 12.3. The van der Waals surface area contributed by atoms with Crippen LogP contribution in [-0.4, -0.2) is 75.7 Å². The van der Waals surface area contributed by atoms with Gasteiger partial charge in [0.15, 0.2) is 11.5 Å². The van der Waals surface area contributed by atoms with Gasteiger partial charge in [0.25, 0.3) is 0 Å². The lowest BCUT2D eigenvalue weighted by Gasteiger charge is -2.32. The average Bonchev–Trinajstić information content (AvgIpc) is 4.30. The molecule has 6 N–H and O–H groups in total. The van der Waals surface area contributed by atoms with Crippen LogP contribution in [0.5, 0.6) is 11.5 Å². The smallest absolute Gasteiger partial charge is 0.486 e. The summed E-state index contributed by atoms with van der Waals surface area (Å²) in [7, 11) is -0.491. The van der Waals surface area contributed by atoms with E-state index in [0.29, 0.717) is 64.9 Å². The summed E-state index contributed by atoms with van der Waals surface area (Å²) in [6.07, 6.45) is 10.3. The Labute approximate surface area is 482 Å². The number of hydrogen-bond donors (Lipinski definition) is 4. The molecule has 0 bridgehead atoms. The monoisotopic (exact) mass is 1180 g/mol. The van der Waals surface area contributed by atoms with E-state index in [1.807, 2.05) is 120 Å². The molecule has 3 aliphatic rings. The number of pyridine rings is 2. The van der Waals surface area contributed by atoms with Crippen LogP contribution < -0.4 is 37.0 Å². The molecule has 0 saturated carbocycles. The number of hydrogen-bond acceptors (Lipinski definition) is 14. The number of nitrogens with zero attached hydrogens (tertiary/aromatic N) is 4. The summed E-state index contributed by atoms with van der Waals surface area (Å²) in [4.78, 5) is 32.4. The largest absolute Gasteiger partial charge is 0.494 e. The second kappa shape index (κ2) is 24.7. The molecule has 0 spiro atoms. The lowest BCUT2D eigenvalue weighted by atomic mass is 9.78. The molecule has 8 aromatic rings. The Kier molecular flexibility index (Phi) is 17.6. The van der Waals surface area contributed by atoms with Crippen LogP contribution in [0.3, 0.4) is 0 Å². The number of halogens is 3. The van der Waals surface area contributed by atoms with Gasteiger partial charge in [0.2, 0.25) is 11.8 Å². The fourth-order valence-electron chi connectivity index (χ4n) is 8.83. The second-order valence-corrected chi connectivity index (χ2v) is 21.8. The van der Waals surface area contributed by atoms with Crippen LogP contribution >= 0.6 is 39.1 Å². The van der Waals surface area contributed by atoms with Crippen LogP contribution in [0.25, 0.3) is 45.9 Å². The Bertz CT molecular complexity index is 3550. The topological polar surface area (TPSA) is 225 Å². The van der Waals surface area contributed by atoms with Crippen molar-refractivity contribution in [3.63, 3.8) is 0 Å². The molecule has 7 heterocycles. The zero-order valence-electron chi connectivity index (χ0n) is 44.8. The molecular formula is C60H58BBrCl2N8O8. The van der Waals surface area contributed by atoms with E-state index in [2.05, 4.69) is 52.9 Å². The van der Waals surface area contributed by atoms with E-state index >= 15 is 0 Å². The van der Waals surface area contributed by atoms with Crippen molar-refractivity contribution in [2.24, 2.45) is 0 Å². The average molecular weight is 1180 g/mol. The number of aromatic nitrogens is 4. The number of fused-ring (bicyclic) bond motifs is 2. The molecule has 2 atom stereocenters. The van der Waals surface area contributed by atoms with Gasteiger partial charge in [-0.2, -0.15) is 0 Å². The van der Waals surface area contributed by atoms with Crippen molar-refractivity contribution in [2.75, 3.05) is 24.6 Å². The summed E-state index contributed by atoms with van der Waals surface area (Å²) in [6, 6.07) is 34.5. The molecular weight excluding hydrogens is 1120 g/mol. The molecule has 4 aromatic heterocycles. The van der Waals surface area contributed by atoms with Crippen molar-refractivity contribution in [1.82, 2.24) is 30.9 Å². The summed E-state index contributed by atoms with van der Waals surface area (Å²) in [5, 5.41) is 14.8. The number of benzene rings is 4. The van der Waals surface area contributed by atoms with E-state index in [-0.39, 0.29) is 24.0 Å². The summed E-state index contributed by atoms with van der Waals surface area (Å²) in [5.41, 5.74) is 20.1. The molecule has 3 aliphatic heterocycles. The molecule has 16 nitrogen and oxygen atoms in total. The summed E-state index contributed by atoms with van der Waals surface area (Å²) >= 11 is 16.5. The van der Waals surface area contributed by atoms with Gasteiger partial charge in [0.05, 0.1) is 55.8 Å². The van der Waals surface area contributed by atoms with Crippen LogP contribution in [0.4, 0.5) is 11.6 Å². The number of aryl methyl sites for hydroxylation is 2. The minimum atomic E-state index is -0.491. The van der Waals surface area contributed by atoms with Gasteiger partial charge in [-0.05, 0) is 140 Å². The number of carbonyl (C=O) groups is 2. The molecule has 2 unspecified atom stereocenters. The van der Waals surface area contributed by atoms with Gasteiger partial charge < -0.3 is 49.9 Å². The minimum absolute atomic E-state index is 0.202. The van der Waals surface area contributed by atoms with E-state index in [1.165, 1.54) is 12.2 Å². The first kappa shape index (κ1) is 57.0. The lowest BCUT2D eigenvalue weighted by molar-refractivity contribution is -0.117. The van der Waals surface area contributed by atoms with Gasteiger partial charge in [0, 0.05) is 54.1 Å². The highest BCUT2D eigenvalue weighted by molar-refractivity contribution is 9.10. The number of nitrogens with two attached hydrogens (primary N) is 2. The number of ether oxygens (including phenoxy) is 2. The number of rotatable bonds is 12. The predicted octanol–water partition coefficient (Wildman–Crippen LogP) is 11.2. The quantitative estimate of drug-likeness (QED) is 0.0660. The summed E-state index contributed by atoms with van der Waals surface area (Å²) in [6.45, 7) is 12.6. The van der Waals surface area contributed by atoms with Crippen molar-refractivity contribution < 1.29 is 37.4 Å². The van der Waals surface area contributed by atoms with Crippen LogP contribution in [0, 0.1) is 13.8 Å². The van der Waals surface area contributed by atoms with Crippen molar-refractivity contribution in [3.8, 4) is 45.3 Å². The molecule has 4 aromatic carbocycles. The van der Waals surface area contributed by atoms with Gasteiger partial charge in [-0.15, -0.1) is 0 Å². The summed E-state index contributed by atoms with van der Waals surface area (Å²) < 4.78 is 36.1. The Balaban J connectivity index is 0.000000159. The number of nitrogens with one attached hydrogen (secondary N) is 2. The number of anilines is 2. The van der Waals surface area contributed by atoms with Gasteiger partial charge in [-0.3, -0.25) is 9.59 Å². The predicted molar refractivity (Wildman–Crippen MR) is 316 cm³/mol. The first-order valence-electron chi connectivity index (χ1n) is 25.7. The highest BCUT2D eigenvalue weighted by atomic mass is 79.9. The Hall–Kier alpha value is -7.74. The van der Waals surface area contributed by atoms with Gasteiger partial charge in [-0.25, -0.2) is 9.97 Å². The standard InChI is InChI=1S/C27H23ClN4O3.C23H27BClN3O4.C10H8BrNO/c1-16-25(27(35-32-16)18-5-3-2-4-6-18)19-11-20-12-21(34-26(20)22(28)13-19)15-31-24(33)10-8-17-7-9-23(29)30-14-17;1-22(2)23(3,4)32-24(31-22)16-9-15-10-17(30-21(15)18(25)11-16)13-28-20(29)8-6-14-5-7-19(26)27-12-14;1-7-9(11)10(13-12-7)8-5-3-2-4-6-8/h2-11,13-14,21H,12,15H2,1H3,(H2,29,30)(H,31,33);5-9,11-12,17H,10,13H2,1-4H3,(H2,26,27)(H,28,29);2-6H,1H3/b10-8+;8-6+;. The van der Waals surface area contributed by atoms with Crippen molar-refractivity contribution in [1.29, 1.82) is 0 Å². The molecule has 410 valence electrons.